The van der Waals surface area contributed by atoms with Crippen LogP contribution in [0.25, 0.3) is 0 Å². The zero-order valence-electron chi connectivity index (χ0n) is 6.23. The van der Waals surface area contributed by atoms with Crippen LogP contribution in [0.5, 0.6) is 0 Å². The van der Waals surface area contributed by atoms with E-state index in [0.29, 0.717) is 10.7 Å². The highest BCUT2D eigenvalue weighted by atomic mass is 35.5. The van der Waals surface area contributed by atoms with Crippen LogP contribution in [0.4, 0.5) is 5.69 Å². The Bertz CT molecular complexity index is 265. The summed E-state index contributed by atoms with van der Waals surface area (Å²) in [6.07, 6.45) is 3.57. The van der Waals surface area contributed by atoms with Gasteiger partial charge in [-0.3, -0.25) is 0 Å². The Hall–Kier alpha value is -0.690. The standard InChI is InChI=1S/C9H10ClN/c10-8-4-6-2-1-3-7(6)5-9(8)11/h4-5H,1-3,11H2. The number of anilines is 1. The molecule has 58 valence electrons. The fourth-order valence-corrected chi connectivity index (χ4v) is 1.80. The third-order valence-electron chi connectivity index (χ3n) is 2.21. The van der Waals surface area contributed by atoms with E-state index in [0.717, 1.165) is 12.8 Å². The van der Waals surface area contributed by atoms with E-state index in [1.165, 1.54) is 17.5 Å². The van der Waals surface area contributed by atoms with Crippen LogP contribution in [0.2, 0.25) is 5.02 Å². The number of halogens is 1. The molecule has 2 N–H and O–H groups in total. The molecule has 0 fully saturated rings. The fraction of sp³-hybridized carbons (Fsp3) is 0.333. The molecule has 0 bridgehead atoms. The summed E-state index contributed by atoms with van der Waals surface area (Å²) in [5.41, 5.74) is 9.14. The minimum atomic E-state index is 0.700. The summed E-state index contributed by atoms with van der Waals surface area (Å²) >= 11 is 5.87. The van der Waals surface area contributed by atoms with Crippen LogP contribution in [0.15, 0.2) is 12.1 Å². The van der Waals surface area contributed by atoms with Crippen LogP contribution in [-0.2, 0) is 12.8 Å². The molecule has 2 heteroatoms. The second-order valence-corrected chi connectivity index (χ2v) is 3.40. The van der Waals surface area contributed by atoms with Crippen molar-refractivity contribution in [3.63, 3.8) is 0 Å². The lowest BCUT2D eigenvalue weighted by Crippen LogP contribution is -1.90. The van der Waals surface area contributed by atoms with Gasteiger partial charge in [0.2, 0.25) is 0 Å². The predicted octanol–water partition coefficient (Wildman–Crippen LogP) is 2.41. The fourth-order valence-electron chi connectivity index (χ4n) is 1.61. The molecule has 0 aliphatic heterocycles. The van der Waals surface area contributed by atoms with Gasteiger partial charge in [-0.2, -0.15) is 0 Å². The first-order valence-corrected chi connectivity index (χ1v) is 4.22. The summed E-state index contributed by atoms with van der Waals surface area (Å²) in [5, 5.41) is 0.700. The molecular formula is C9H10ClN. The highest BCUT2D eigenvalue weighted by Crippen LogP contribution is 2.29. The number of benzene rings is 1. The van der Waals surface area contributed by atoms with E-state index in [9.17, 15) is 0 Å². The number of fused-ring (bicyclic) bond motifs is 1. The van der Waals surface area contributed by atoms with Gasteiger partial charge in [-0.05, 0) is 42.5 Å². The van der Waals surface area contributed by atoms with Crippen molar-refractivity contribution in [2.75, 3.05) is 5.73 Å². The number of hydrogen-bond acceptors (Lipinski definition) is 1. The third-order valence-corrected chi connectivity index (χ3v) is 2.54. The molecule has 1 aromatic rings. The second-order valence-electron chi connectivity index (χ2n) is 3.00. The Kier molecular flexibility index (Phi) is 1.53. The molecule has 0 heterocycles. The summed E-state index contributed by atoms with van der Waals surface area (Å²) in [7, 11) is 0. The highest BCUT2D eigenvalue weighted by molar-refractivity contribution is 6.33. The monoisotopic (exact) mass is 167 g/mol. The van der Waals surface area contributed by atoms with Crippen molar-refractivity contribution in [1.29, 1.82) is 0 Å². The SMILES string of the molecule is Nc1cc2c(cc1Cl)CCC2. The highest BCUT2D eigenvalue weighted by Gasteiger charge is 2.11. The van der Waals surface area contributed by atoms with Gasteiger partial charge >= 0.3 is 0 Å². The molecule has 0 unspecified atom stereocenters. The Morgan fingerprint density at radius 3 is 2.55 bits per heavy atom. The predicted molar refractivity (Wildman–Crippen MR) is 47.9 cm³/mol. The van der Waals surface area contributed by atoms with Crippen molar-refractivity contribution < 1.29 is 0 Å². The van der Waals surface area contributed by atoms with E-state index in [1.54, 1.807) is 0 Å². The maximum Gasteiger partial charge on any atom is 0.0638 e. The van der Waals surface area contributed by atoms with Gasteiger partial charge in [-0.25, -0.2) is 0 Å². The Morgan fingerprint density at radius 1 is 1.18 bits per heavy atom. The molecule has 0 amide bonds. The number of aryl methyl sites for hydroxylation is 2. The van der Waals surface area contributed by atoms with E-state index >= 15 is 0 Å². The lowest BCUT2D eigenvalue weighted by Gasteiger charge is -2.02. The maximum absolute atomic E-state index is 5.87. The third kappa shape index (κ3) is 1.10. The van der Waals surface area contributed by atoms with Crippen LogP contribution in [0, 0.1) is 0 Å². The maximum atomic E-state index is 5.87. The smallest absolute Gasteiger partial charge is 0.0638 e. The van der Waals surface area contributed by atoms with Crippen LogP contribution in [-0.4, -0.2) is 0 Å². The van der Waals surface area contributed by atoms with E-state index < -0.39 is 0 Å². The molecule has 0 radical (unpaired) electrons. The van der Waals surface area contributed by atoms with Crippen LogP contribution in [0.1, 0.15) is 17.5 Å². The van der Waals surface area contributed by atoms with E-state index in [4.69, 9.17) is 17.3 Å². The molecule has 11 heavy (non-hydrogen) atoms. The molecule has 0 atom stereocenters. The van der Waals surface area contributed by atoms with Crippen molar-refractivity contribution in [2.24, 2.45) is 0 Å². The minimum Gasteiger partial charge on any atom is -0.398 e. The first-order valence-electron chi connectivity index (χ1n) is 3.84. The van der Waals surface area contributed by atoms with E-state index in [-0.39, 0.29) is 0 Å². The van der Waals surface area contributed by atoms with Crippen molar-refractivity contribution in [3.05, 3.63) is 28.3 Å². The normalized spacial score (nSPS) is 15.0. The molecule has 0 aromatic heterocycles. The molecule has 2 rings (SSSR count). The number of nitrogens with two attached hydrogens (primary N) is 1. The zero-order chi connectivity index (χ0) is 7.84. The Morgan fingerprint density at radius 2 is 1.82 bits per heavy atom. The largest absolute Gasteiger partial charge is 0.398 e. The van der Waals surface area contributed by atoms with Gasteiger partial charge in [0.1, 0.15) is 0 Å². The number of nitrogen functional groups attached to an aromatic ring is 1. The number of rotatable bonds is 0. The molecule has 0 saturated carbocycles. The number of hydrogen-bond donors (Lipinski definition) is 1. The zero-order valence-corrected chi connectivity index (χ0v) is 6.99. The lowest BCUT2D eigenvalue weighted by molar-refractivity contribution is 0.912. The molecule has 1 aliphatic rings. The second kappa shape index (κ2) is 2.42. The molecule has 0 saturated heterocycles. The van der Waals surface area contributed by atoms with E-state index in [2.05, 4.69) is 0 Å². The Labute approximate surface area is 71.2 Å². The van der Waals surface area contributed by atoms with Crippen LogP contribution in [0.3, 0.4) is 0 Å². The van der Waals surface area contributed by atoms with Crippen molar-refractivity contribution in [3.8, 4) is 0 Å². The summed E-state index contributed by atoms with van der Waals surface area (Å²) in [5.74, 6) is 0. The summed E-state index contributed by atoms with van der Waals surface area (Å²) < 4.78 is 0. The van der Waals surface area contributed by atoms with Gasteiger partial charge < -0.3 is 5.73 Å². The van der Waals surface area contributed by atoms with Gasteiger partial charge in [0.15, 0.2) is 0 Å². The summed E-state index contributed by atoms with van der Waals surface area (Å²) in [6, 6.07) is 4.00. The van der Waals surface area contributed by atoms with Gasteiger partial charge in [-0.1, -0.05) is 11.6 Å². The van der Waals surface area contributed by atoms with Crippen molar-refractivity contribution >= 4 is 17.3 Å². The molecular weight excluding hydrogens is 158 g/mol. The van der Waals surface area contributed by atoms with Gasteiger partial charge in [0, 0.05) is 0 Å². The van der Waals surface area contributed by atoms with Gasteiger partial charge in [0.05, 0.1) is 10.7 Å². The van der Waals surface area contributed by atoms with Crippen molar-refractivity contribution in [2.45, 2.75) is 19.3 Å². The topological polar surface area (TPSA) is 26.0 Å². The molecule has 1 aliphatic carbocycles. The molecule has 0 spiro atoms. The summed E-state index contributed by atoms with van der Waals surface area (Å²) in [6.45, 7) is 0. The lowest BCUT2D eigenvalue weighted by atomic mass is 10.1. The van der Waals surface area contributed by atoms with E-state index in [1.807, 2.05) is 12.1 Å². The van der Waals surface area contributed by atoms with Gasteiger partial charge in [0.25, 0.3) is 0 Å². The quantitative estimate of drug-likeness (QED) is 0.590. The average Bonchev–Trinajstić information content (AvgIpc) is 2.36. The van der Waals surface area contributed by atoms with Crippen molar-refractivity contribution in [1.82, 2.24) is 0 Å². The van der Waals surface area contributed by atoms with Gasteiger partial charge in [-0.15, -0.1) is 0 Å². The Balaban J connectivity index is 2.57. The molecule has 1 aromatic carbocycles. The summed E-state index contributed by atoms with van der Waals surface area (Å²) in [4.78, 5) is 0. The van der Waals surface area contributed by atoms with Crippen LogP contribution < -0.4 is 5.73 Å². The average molecular weight is 168 g/mol. The first-order chi connectivity index (χ1) is 5.27. The minimum absolute atomic E-state index is 0.700. The molecule has 1 nitrogen and oxygen atoms in total. The van der Waals surface area contributed by atoms with Crippen LogP contribution >= 0.6 is 11.6 Å². The first kappa shape index (κ1) is 6.99.